The Kier molecular flexibility index (Phi) is 6.82. The molecule has 2 atom stereocenters. The molecule has 3 heterocycles. The van der Waals surface area contributed by atoms with E-state index in [-0.39, 0.29) is 11.8 Å². The Balaban J connectivity index is 1.24. The van der Waals surface area contributed by atoms with Gasteiger partial charge in [0.05, 0.1) is 5.92 Å². The maximum Gasteiger partial charge on any atom is 0.325 e. The number of pyridine rings is 1. The molecule has 1 amide bonds. The van der Waals surface area contributed by atoms with Crippen LogP contribution in [0.3, 0.4) is 0 Å². The Morgan fingerprint density at radius 2 is 2.06 bits per heavy atom. The van der Waals surface area contributed by atoms with Crippen LogP contribution < -0.4 is 10.6 Å². The minimum atomic E-state index is -0.876. The summed E-state index contributed by atoms with van der Waals surface area (Å²) in [4.78, 5) is 31.0. The van der Waals surface area contributed by atoms with Gasteiger partial charge in [0.15, 0.2) is 0 Å². The fraction of sp³-hybridized carbons (Fsp3) is 0.458. The maximum absolute atomic E-state index is 12.6. The van der Waals surface area contributed by atoms with Gasteiger partial charge in [0, 0.05) is 31.9 Å². The number of carboxylic acid groups (broad SMARTS) is 1. The molecule has 0 saturated carbocycles. The smallest absolute Gasteiger partial charge is 0.325 e. The number of benzene rings is 1. The third-order valence-electron chi connectivity index (χ3n) is 6.17. The third-order valence-corrected chi connectivity index (χ3v) is 6.17. The fourth-order valence-electron chi connectivity index (χ4n) is 4.51. The van der Waals surface area contributed by atoms with Gasteiger partial charge in [-0.15, -0.1) is 0 Å². The molecule has 1 saturated heterocycles. The van der Waals surface area contributed by atoms with E-state index in [1.165, 1.54) is 5.56 Å². The van der Waals surface area contributed by atoms with Crippen LogP contribution in [-0.4, -0.2) is 53.0 Å². The number of carboxylic acids is 1. The topological polar surface area (TPSA) is 94.6 Å². The van der Waals surface area contributed by atoms with Crippen LogP contribution in [0, 0.1) is 5.92 Å². The Hall–Kier alpha value is -2.93. The van der Waals surface area contributed by atoms with Crippen molar-refractivity contribution in [2.45, 2.75) is 38.1 Å². The van der Waals surface area contributed by atoms with Gasteiger partial charge < -0.3 is 15.7 Å². The monoisotopic (exact) mass is 422 g/mol. The molecule has 164 valence electrons. The number of anilines is 1. The zero-order valence-corrected chi connectivity index (χ0v) is 17.7. The van der Waals surface area contributed by atoms with Crippen molar-refractivity contribution in [3.63, 3.8) is 0 Å². The molecule has 4 rings (SSSR count). The number of nitrogens with zero attached hydrogens (tertiary/aromatic N) is 2. The molecule has 2 aliphatic rings. The summed E-state index contributed by atoms with van der Waals surface area (Å²) in [6.45, 7) is 2.65. The first-order chi connectivity index (χ1) is 15.1. The second kappa shape index (κ2) is 9.92. The number of aryl methyl sites for hydroxylation is 2. The van der Waals surface area contributed by atoms with Gasteiger partial charge in [-0.05, 0) is 49.3 Å². The van der Waals surface area contributed by atoms with E-state index in [1.807, 2.05) is 35.2 Å². The lowest BCUT2D eigenvalue weighted by atomic mass is 10.1. The lowest BCUT2D eigenvalue weighted by molar-refractivity contribution is -0.143. The van der Waals surface area contributed by atoms with Crippen molar-refractivity contribution in [1.29, 1.82) is 0 Å². The second-order valence-corrected chi connectivity index (χ2v) is 8.37. The highest BCUT2D eigenvalue weighted by atomic mass is 16.4. The van der Waals surface area contributed by atoms with Crippen LogP contribution in [0.5, 0.6) is 0 Å². The van der Waals surface area contributed by atoms with E-state index in [1.54, 1.807) is 0 Å². The Morgan fingerprint density at radius 3 is 2.87 bits per heavy atom. The van der Waals surface area contributed by atoms with E-state index in [4.69, 9.17) is 4.98 Å². The molecule has 3 N–H and O–H groups in total. The van der Waals surface area contributed by atoms with Gasteiger partial charge >= 0.3 is 5.97 Å². The summed E-state index contributed by atoms with van der Waals surface area (Å²) < 4.78 is 0. The van der Waals surface area contributed by atoms with Gasteiger partial charge in [-0.3, -0.25) is 14.5 Å². The standard InChI is InChI=1S/C24H30N4O3/c29-23(26-14-5-9-20-11-10-18-8-4-13-25-22(18)27-20)19-12-15-28(16-19)21(24(30)31)17-6-2-1-3-7-17/h1-3,6-7,10-11,19,21H,4-5,8-9,12-16H2,(H,25,27)(H,26,29)(H,30,31). The number of carbonyl (C=O) groups excluding carboxylic acids is 1. The average molecular weight is 423 g/mol. The van der Waals surface area contributed by atoms with Crippen molar-refractivity contribution in [1.82, 2.24) is 15.2 Å². The number of amides is 1. The fourth-order valence-corrected chi connectivity index (χ4v) is 4.51. The number of carbonyl (C=O) groups is 2. The molecule has 1 aromatic heterocycles. The summed E-state index contributed by atoms with van der Waals surface area (Å²) in [5, 5.41) is 16.1. The highest BCUT2D eigenvalue weighted by Gasteiger charge is 2.36. The molecule has 2 aromatic rings. The molecule has 7 heteroatoms. The maximum atomic E-state index is 12.6. The lowest BCUT2D eigenvalue weighted by Gasteiger charge is -2.24. The van der Waals surface area contributed by atoms with E-state index in [2.05, 4.69) is 22.8 Å². The lowest BCUT2D eigenvalue weighted by Crippen LogP contribution is -2.36. The van der Waals surface area contributed by atoms with Crippen LogP contribution in [0.4, 0.5) is 5.82 Å². The quantitative estimate of drug-likeness (QED) is 0.566. The first kappa shape index (κ1) is 21.3. The minimum absolute atomic E-state index is 0.0137. The van der Waals surface area contributed by atoms with E-state index >= 15 is 0 Å². The van der Waals surface area contributed by atoms with Gasteiger partial charge in [-0.2, -0.15) is 0 Å². The molecular formula is C24H30N4O3. The van der Waals surface area contributed by atoms with E-state index in [0.717, 1.165) is 49.3 Å². The molecule has 2 aliphatic heterocycles. The minimum Gasteiger partial charge on any atom is -0.480 e. The normalized spacial score (nSPS) is 19.3. The number of nitrogens with one attached hydrogen (secondary N) is 2. The molecule has 1 aromatic carbocycles. The van der Waals surface area contributed by atoms with Crippen LogP contribution in [0.25, 0.3) is 0 Å². The number of likely N-dealkylation sites (tertiary alicyclic amines) is 1. The van der Waals surface area contributed by atoms with Crippen LogP contribution in [0.1, 0.15) is 42.1 Å². The summed E-state index contributed by atoms with van der Waals surface area (Å²) in [6.07, 6.45) is 4.56. The number of aromatic nitrogens is 1. The van der Waals surface area contributed by atoms with Crippen molar-refractivity contribution < 1.29 is 14.7 Å². The first-order valence-electron chi connectivity index (χ1n) is 11.1. The number of aliphatic carboxylic acids is 1. The van der Waals surface area contributed by atoms with Gasteiger partial charge in [-0.1, -0.05) is 36.4 Å². The van der Waals surface area contributed by atoms with Crippen molar-refractivity contribution in [2.24, 2.45) is 5.92 Å². The molecule has 1 fully saturated rings. The first-order valence-corrected chi connectivity index (χ1v) is 11.1. The van der Waals surface area contributed by atoms with Gasteiger partial charge in [0.1, 0.15) is 11.9 Å². The summed E-state index contributed by atoms with van der Waals surface area (Å²) >= 11 is 0. The van der Waals surface area contributed by atoms with Crippen molar-refractivity contribution >= 4 is 17.7 Å². The van der Waals surface area contributed by atoms with E-state index in [9.17, 15) is 14.7 Å². The second-order valence-electron chi connectivity index (χ2n) is 8.37. The molecule has 31 heavy (non-hydrogen) atoms. The molecular weight excluding hydrogens is 392 g/mol. The highest BCUT2D eigenvalue weighted by molar-refractivity contribution is 5.80. The average Bonchev–Trinajstić information content (AvgIpc) is 3.27. The van der Waals surface area contributed by atoms with Crippen molar-refractivity contribution in [2.75, 3.05) is 31.5 Å². The molecule has 2 unspecified atom stereocenters. The number of fused-ring (bicyclic) bond motifs is 1. The summed E-state index contributed by atoms with van der Waals surface area (Å²) in [6, 6.07) is 12.8. The summed E-state index contributed by atoms with van der Waals surface area (Å²) in [5.74, 6) is -0.0269. The number of hydrogen-bond acceptors (Lipinski definition) is 5. The zero-order valence-electron chi connectivity index (χ0n) is 17.7. The van der Waals surface area contributed by atoms with Gasteiger partial charge in [-0.25, -0.2) is 4.98 Å². The van der Waals surface area contributed by atoms with E-state index < -0.39 is 12.0 Å². The van der Waals surface area contributed by atoms with Crippen molar-refractivity contribution in [3.8, 4) is 0 Å². The molecule has 0 spiro atoms. The molecule has 7 nitrogen and oxygen atoms in total. The Labute approximate surface area is 182 Å². The van der Waals surface area contributed by atoms with Gasteiger partial charge in [0.2, 0.25) is 5.91 Å². The molecule has 0 radical (unpaired) electrons. The van der Waals surface area contributed by atoms with E-state index in [0.29, 0.717) is 26.1 Å². The number of hydrogen-bond donors (Lipinski definition) is 3. The predicted molar refractivity (Wildman–Crippen MR) is 119 cm³/mol. The Bertz CT molecular complexity index is 918. The molecule has 0 bridgehead atoms. The third kappa shape index (κ3) is 5.22. The largest absolute Gasteiger partial charge is 0.480 e. The SMILES string of the molecule is O=C(NCCCc1ccc2c(n1)NCCC2)C1CCN(C(C(=O)O)c2ccccc2)C1. The van der Waals surface area contributed by atoms with Crippen LogP contribution in [0.2, 0.25) is 0 Å². The van der Waals surface area contributed by atoms with Crippen LogP contribution >= 0.6 is 0 Å². The Morgan fingerprint density at radius 1 is 1.23 bits per heavy atom. The molecule has 0 aliphatic carbocycles. The van der Waals surface area contributed by atoms with Crippen molar-refractivity contribution in [3.05, 3.63) is 59.3 Å². The zero-order chi connectivity index (χ0) is 21.6. The highest BCUT2D eigenvalue weighted by Crippen LogP contribution is 2.28. The number of rotatable bonds is 8. The van der Waals surface area contributed by atoms with Crippen LogP contribution in [-0.2, 0) is 22.4 Å². The predicted octanol–water partition coefficient (Wildman–Crippen LogP) is 2.64. The van der Waals surface area contributed by atoms with Crippen LogP contribution in [0.15, 0.2) is 42.5 Å². The summed E-state index contributed by atoms with van der Waals surface area (Å²) in [5.41, 5.74) is 3.08. The summed E-state index contributed by atoms with van der Waals surface area (Å²) in [7, 11) is 0. The van der Waals surface area contributed by atoms with Gasteiger partial charge in [0.25, 0.3) is 0 Å².